The van der Waals surface area contributed by atoms with Crippen LogP contribution < -0.4 is 5.32 Å². The van der Waals surface area contributed by atoms with Gasteiger partial charge < -0.3 is 5.32 Å². The Hall–Kier alpha value is -0.960. The van der Waals surface area contributed by atoms with Crippen LogP contribution >= 0.6 is 0 Å². The van der Waals surface area contributed by atoms with Crippen molar-refractivity contribution in [1.82, 2.24) is 15.3 Å². The maximum absolute atomic E-state index is 4.62. The molecule has 0 amide bonds. The molecule has 1 aromatic rings. The fraction of sp³-hybridized carbons (Fsp3) is 0.692. The molecule has 3 nitrogen and oxygen atoms in total. The van der Waals surface area contributed by atoms with Gasteiger partial charge in [0.15, 0.2) is 0 Å². The van der Waals surface area contributed by atoms with Crippen molar-refractivity contribution >= 4 is 0 Å². The van der Waals surface area contributed by atoms with E-state index < -0.39 is 0 Å². The zero-order valence-electron chi connectivity index (χ0n) is 11.0. The minimum absolute atomic E-state index is 0.414. The van der Waals surface area contributed by atoms with E-state index in [0.717, 1.165) is 30.0 Å². The molecule has 0 bridgehead atoms. The molecule has 0 radical (unpaired) electrons. The molecule has 1 rings (SSSR count). The lowest BCUT2D eigenvalue weighted by molar-refractivity contribution is 0.440. The van der Waals surface area contributed by atoms with Gasteiger partial charge in [-0.05, 0) is 26.8 Å². The molecule has 2 unspecified atom stereocenters. The van der Waals surface area contributed by atoms with Gasteiger partial charge >= 0.3 is 0 Å². The van der Waals surface area contributed by atoms with Gasteiger partial charge in [-0.25, -0.2) is 0 Å². The summed E-state index contributed by atoms with van der Waals surface area (Å²) in [5.74, 6) is 0.414. The number of hydrogen-bond donors (Lipinski definition) is 1. The lowest BCUT2D eigenvalue weighted by Crippen LogP contribution is -2.33. The first-order valence-corrected chi connectivity index (χ1v) is 6.13. The topological polar surface area (TPSA) is 37.8 Å². The Morgan fingerprint density at radius 3 is 2.56 bits per heavy atom. The summed E-state index contributed by atoms with van der Waals surface area (Å²) in [6.45, 7) is 11.6. The predicted molar refractivity (Wildman–Crippen MR) is 67.7 cm³/mol. The van der Waals surface area contributed by atoms with Crippen LogP contribution in [0.15, 0.2) is 6.20 Å². The van der Waals surface area contributed by atoms with E-state index in [-0.39, 0.29) is 0 Å². The predicted octanol–water partition coefficient (Wildman–Crippen LogP) is 2.59. The van der Waals surface area contributed by atoms with Gasteiger partial charge in [0.25, 0.3) is 0 Å². The SMILES string of the molecule is CCNC(CC)C(C)c1nc(C)cnc1C. The summed E-state index contributed by atoms with van der Waals surface area (Å²) in [4.78, 5) is 9.01. The number of nitrogens with zero attached hydrogens (tertiary/aromatic N) is 2. The number of rotatable bonds is 5. The highest BCUT2D eigenvalue weighted by Gasteiger charge is 2.19. The van der Waals surface area contributed by atoms with Crippen molar-refractivity contribution < 1.29 is 0 Å². The average Bonchev–Trinajstić information content (AvgIpc) is 2.28. The number of nitrogens with one attached hydrogen (secondary N) is 1. The average molecular weight is 221 g/mol. The van der Waals surface area contributed by atoms with Crippen LogP contribution in [0, 0.1) is 13.8 Å². The van der Waals surface area contributed by atoms with E-state index in [4.69, 9.17) is 0 Å². The van der Waals surface area contributed by atoms with E-state index in [1.165, 1.54) is 0 Å². The van der Waals surface area contributed by atoms with Crippen molar-refractivity contribution in [3.8, 4) is 0 Å². The maximum atomic E-state index is 4.62. The molecule has 0 aromatic carbocycles. The largest absolute Gasteiger partial charge is 0.314 e. The lowest BCUT2D eigenvalue weighted by Gasteiger charge is -2.24. The van der Waals surface area contributed by atoms with Crippen molar-refractivity contribution in [2.24, 2.45) is 0 Å². The summed E-state index contributed by atoms with van der Waals surface area (Å²) in [5, 5.41) is 3.51. The third-order valence-electron chi connectivity index (χ3n) is 3.05. The Bertz CT molecular complexity index is 336. The Labute approximate surface area is 98.7 Å². The second-order valence-electron chi connectivity index (χ2n) is 4.34. The van der Waals surface area contributed by atoms with Crippen LogP contribution in [0.1, 0.15) is 50.2 Å². The fourth-order valence-electron chi connectivity index (χ4n) is 2.11. The highest BCUT2D eigenvalue weighted by atomic mass is 14.9. The third kappa shape index (κ3) is 3.01. The van der Waals surface area contributed by atoms with Gasteiger partial charge in [0.2, 0.25) is 0 Å². The standard InChI is InChI=1S/C13H23N3/c1-6-12(14-7-2)10(4)13-11(5)15-8-9(3)16-13/h8,10,12,14H,6-7H2,1-5H3. The Kier molecular flexibility index (Phi) is 4.87. The summed E-state index contributed by atoms with van der Waals surface area (Å²) in [6, 6.07) is 0.486. The molecule has 0 aliphatic heterocycles. The van der Waals surface area contributed by atoms with Crippen molar-refractivity contribution in [1.29, 1.82) is 0 Å². The summed E-state index contributed by atoms with van der Waals surface area (Å²) < 4.78 is 0. The number of aryl methyl sites for hydroxylation is 2. The van der Waals surface area contributed by atoms with Gasteiger partial charge in [0.1, 0.15) is 0 Å². The lowest BCUT2D eigenvalue weighted by atomic mass is 9.94. The zero-order chi connectivity index (χ0) is 12.1. The smallest absolute Gasteiger partial charge is 0.0662 e. The monoisotopic (exact) mass is 221 g/mol. The number of hydrogen-bond acceptors (Lipinski definition) is 3. The summed E-state index contributed by atoms with van der Waals surface area (Å²) >= 11 is 0. The Morgan fingerprint density at radius 2 is 2.00 bits per heavy atom. The summed E-state index contributed by atoms with van der Waals surface area (Å²) in [7, 11) is 0. The van der Waals surface area contributed by atoms with Crippen LogP contribution in [0.3, 0.4) is 0 Å². The van der Waals surface area contributed by atoms with Crippen LogP contribution in [-0.2, 0) is 0 Å². The molecule has 0 saturated heterocycles. The van der Waals surface area contributed by atoms with Gasteiger partial charge in [-0.15, -0.1) is 0 Å². The third-order valence-corrected chi connectivity index (χ3v) is 3.05. The molecule has 0 fully saturated rings. The van der Waals surface area contributed by atoms with E-state index in [0.29, 0.717) is 12.0 Å². The van der Waals surface area contributed by atoms with Gasteiger partial charge in [-0.3, -0.25) is 9.97 Å². The van der Waals surface area contributed by atoms with Crippen molar-refractivity contribution in [3.63, 3.8) is 0 Å². The van der Waals surface area contributed by atoms with Crippen LogP contribution in [0.2, 0.25) is 0 Å². The normalized spacial score (nSPS) is 14.8. The van der Waals surface area contributed by atoms with Crippen LogP contribution in [0.4, 0.5) is 0 Å². The highest BCUT2D eigenvalue weighted by Crippen LogP contribution is 2.21. The summed E-state index contributed by atoms with van der Waals surface area (Å²) in [5.41, 5.74) is 3.18. The van der Waals surface area contributed by atoms with Crippen molar-refractivity contribution in [2.75, 3.05) is 6.54 Å². The molecule has 90 valence electrons. The Morgan fingerprint density at radius 1 is 1.31 bits per heavy atom. The van der Waals surface area contributed by atoms with Gasteiger partial charge in [0.05, 0.1) is 17.1 Å². The number of aromatic nitrogens is 2. The van der Waals surface area contributed by atoms with E-state index in [2.05, 4.69) is 36.1 Å². The highest BCUT2D eigenvalue weighted by molar-refractivity contribution is 5.17. The van der Waals surface area contributed by atoms with E-state index >= 15 is 0 Å². The molecular weight excluding hydrogens is 198 g/mol. The molecule has 0 saturated carbocycles. The van der Waals surface area contributed by atoms with Gasteiger partial charge in [-0.2, -0.15) is 0 Å². The zero-order valence-corrected chi connectivity index (χ0v) is 11.0. The molecular formula is C13H23N3. The van der Waals surface area contributed by atoms with E-state index in [1.54, 1.807) is 0 Å². The molecule has 1 N–H and O–H groups in total. The first-order valence-electron chi connectivity index (χ1n) is 6.13. The number of likely N-dealkylation sites (N-methyl/N-ethyl adjacent to an activating group) is 1. The second-order valence-corrected chi connectivity index (χ2v) is 4.34. The first kappa shape index (κ1) is 13.1. The van der Waals surface area contributed by atoms with Crippen molar-refractivity contribution in [2.45, 2.75) is 53.0 Å². The molecule has 16 heavy (non-hydrogen) atoms. The minimum atomic E-state index is 0.414. The van der Waals surface area contributed by atoms with Crippen molar-refractivity contribution in [3.05, 3.63) is 23.3 Å². The molecule has 0 spiro atoms. The second kappa shape index (κ2) is 5.94. The van der Waals surface area contributed by atoms with Gasteiger partial charge in [-0.1, -0.05) is 20.8 Å². The van der Waals surface area contributed by atoms with E-state index in [9.17, 15) is 0 Å². The van der Waals surface area contributed by atoms with Crippen LogP contribution in [0.25, 0.3) is 0 Å². The molecule has 2 atom stereocenters. The molecule has 3 heteroatoms. The molecule has 1 heterocycles. The molecule has 1 aromatic heterocycles. The van der Waals surface area contributed by atoms with Gasteiger partial charge in [0, 0.05) is 18.2 Å². The first-order chi connectivity index (χ1) is 7.60. The molecule has 0 aliphatic carbocycles. The maximum Gasteiger partial charge on any atom is 0.0662 e. The summed E-state index contributed by atoms with van der Waals surface area (Å²) in [6.07, 6.45) is 2.95. The Balaban J connectivity index is 2.93. The minimum Gasteiger partial charge on any atom is -0.314 e. The quantitative estimate of drug-likeness (QED) is 0.830. The fourth-order valence-corrected chi connectivity index (χ4v) is 2.11. The van der Waals surface area contributed by atoms with E-state index in [1.807, 2.05) is 20.0 Å². The van der Waals surface area contributed by atoms with Crippen LogP contribution in [0.5, 0.6) is 0 Å². The molecule has 0 aliphatic rings. The van der Waals surface area contributed by atoms with Crippen LogP contribution in [-0.4, -0.2) is 22.6 Å².